The maximum absolute atomic E-state index is 6.38. The summed E-state index contributed by atoms with van der Waals surface area (Å²) in [6, 6.07) is 1.36. The Morgan fingerprint density at radius 3 is 0.933 bits per heavy atom. The van der Waals surface area contributed by atoms with E-state index in [4.69, 9.17) is 38.0 Å². The van der Waals surface area contributed by atoms with Crippen molar-refractivity contribution in [2.45, 2.75) is 91.4 Å². The van der Waals surface area contributed by atoms with Crippen molar-refractivity contribution in [1.82, 2.24) is 0 Å². The van der Waals surface area contributed by atoms with Crippen molar-refractivity contribution in [2.24, 2.45) is 11.5 Å². The van der Waals surface area contributed by atoms with Gasteiger partial charge in [-0.05, 0) is 67.2 Å². The summed E-state index contributed by atoms with van der Waals surface area (Å²) in [5.41, 5.74) is 12.8. The Kier molecular flexibility index (Phi) is 17.7. The zero-order valence-electron chi connectivity index (χ0n) is 20.2. The van der Waals surface area contributed by atoms with E-state index < -0.39 is 17.6 Å². The fourth-order valence-corrected chi connectivity index (χ4v) is 8.82. The standard InChI is InChI=1S/C20H48N2O6Si2/c1-7-23-29(24-8-2,25-9-3)17-13-15-19(21)20(22)16-14-18-30(26-10-4,27-11-5)28-12-6/h19-20H,7-18,21-22H2,1-6H3. The third-order valence-electron chi connectivity index (χ3n) is 4.78. The number of rotatable bonds is 21. The fourth-order valence-electron chi connectivity index (χ4n) is 3.54. The van der Waals surface area contributed by atoms with Gasteiger partial charge in [0.25, 0.3) is 0 Å². The molecule has 0 aromatic carbocycles. The summed E-state index contributed by atoms with van der Waals surface area (Å²) in [5.74, 6) is 0. The molecule has 8 nitrogen and oxygen atoms in total. The van der Waals surface area contributed by atoms with Crippen LogP contribution in [0.25, 0.3) is 0 Å². The van der Waals surface area contributed by atoms with Crippen LogP contribution in [0.2, 0.25) is 12.1 Å². The lowest BCUT2D eigenvalue weighted by atomic mass is 10.0. The van der Waals surface area contributed by atoms with Crippen molar-refractivity contribution >= 4 is 17.6 Å². The molecule has 0 saturated carbocycles. The van der Waals surface area contributed by atoms with Crippen molar-refractivity contribution in [2.75, 3.05) is 39.6 Å². The largest absolute Gasteiger partial charge is 0.500 e. The lowest BCUT2D eigenvalue weighted by molar-refractivity contribution is 0.0693. The summed E-state index contributed by atoms with van der Waals surface area (Å²) in [5, 5.41) is 0. The topological polar surface area (TPSA) is 107 Å². The molecule has 0 rings (SSSR count). The molecule has 0 radical (unpaired) electrons. The molecular formula is C20H48N2O6Si2. The highest BCUT2D eigenvalue weighted by Crippen LogP contribution is 2.22. The van der Waals surface area contributed by atoms with Gasteiger partial charge in [-0.1, -0.05) is 0 Å². The first-order chi connectivity index (χ1) is 14.4. The van der Waals surface area contributed by atoms with Gasteiger partial charge in [-0.25, -0.2) is 0 Å². The molecule has 182 valence electrons. The van der Waals surface area contributed by atoms with Crippen molar-refractivity contribution in [3.63, 3.8) is 0 Å². The van der Waals surface area contributed by atoms with E-state index in [0.29, 0.717) is 39.6 Å². The Bertz CT molecular complexity index is 339. The highest BCUT2D eigenvalue weighted by atomic mass is 28.4. The Morgan fingerprint density at radius 1 is 0.500 bits per heavy atom. The van der Waals surface area contributed by atoms with Gasteiger partial charge in [0.05, 0.1) is 0 Å². The molecule has 0 aromatic rings. The highest BCUT2D eigenvalue weighted by Gasteiger charge is 2.41. The molecule has 30 heavy (non-hydrogen) atoms. The summed E-state index contributed by atoms with van der Waals surface area (Å²) in [6.45, 7) is 15.3. The fraction of sp³-hybridized carbons (Fsp3) is 1.00. The Morgan fingerprint density at radius 2 is 0.733 bits per heavy atom. The molecular weight excluding hydrogens is 420 g/mol. The van der Waals surface area contributed by atoms with Gasteiger partial charge in [0, 0.05) is 63.8 Å². The second-order valence-electron chi connectivity index (χ2n) is 7.08. The predicted octanol–water partition coefficient (Wildman–Crippen LogP) is 3.30. The van der Waals surface area contributed by atoms with E-state index in [9.17, 15) is 0 Å². The van der Waals surface area contributed by atoms with Gasteiger partial charge < -0.3 is 38.0 Å². The van der Waals surface area contributed by atoms with Crippen LogP contribution in [0.1, 0.15) is 67.2 Å². The number of hydrogen-bond donors (Lipinski definition) is 2. The first-order valence-corrected chi connectivity index (χ1v) is 15.6. The van der Waals surface area contributed by atoms with Gasteiger partial charge in [0.2, 0.25) is 0 Å². The van der Waals surface area contributed by atoms with E-state index in [1.807, 2.05) is 41.5 Å². The van der Waals surface area contributed by atoms with Crippen LogP contribution in [0.4, 0.5) is 0 Å². The first-order valence-electron chi connectivity index (χ1n) is 11.7. The third-order valence-corrected chi connectivity index (χ3v) is 11.1. The van der Waals surface area contributed by atoms with Gasteiger partial charge >= 0.3 is 17.6 Å². The summed E-state index contributed by atoms with van der Waals surface area (Å²) < 4.78 is 35.5. The molecule has 0 aliphatic heterocycles. The van der Waals surface area contributed by atoms with Crippen LogP contribution in [0, 0.1) is 0 Å². The van der Waals surface area contributed by atoms with Crippen LogP contribution >= 0.6 is 0 Å². The Hall–Kier alpha value is 0.114. The molecule has 0 saturated heterocycles. The summed E-state index contributed by atoms with van der Waals surface area (Å²) in [7, 11) is -5.23. The molecule has 0 spiro atoms. The van der Waals surface area contributed by atoms with Crippen LogP contribution in [0.3, 0.4) is 0 Å². The molecule has 0 heterocycles. The second kappa shape index (κ2) is 17.6. The minimum atomic E-state index is -2.62. The maximum atomic E-state index is 6.38. The zero-order valence-corrected chi connectivity index (χ0v) is 22.2. The molecule has 10 heteroatoms. The monoisotopic (exact) mass is 468 g/mol. The lowest BCUT2D eigenvalue weighted by Gasteiger charge is -2.30. The molecule has 0 aromatic heterocycles. The lowest BCUT2D eigenvalue weighted by Crippen LogP contribution is -2.47. The van der Waals surface area contributed by atoms with Gasteiger partial charge in [0.15, 0.2) is 0 Å². The summed E-state index contributed by atoms with van der Waals surface area (Å²) in [6.07, 6.45) is 3.37. The van der Waals surface area contributed by atoms with Crippen molar-refractivity contribution in [3.05, 3.63) is 0 Å². The molecule has 0 fully saturated rings. The molecule has 0 amide bonds. The van der Waals surface area contributed by atoms with E-state index in [1.165, 1.54) is 0 Å². The maximum Gasteiger partial charge on any atom is 0.500 e. The molecule has 2 unspecified atom stereocenters. The number of nitrogens with two attached hydrogens (primary N) is 2. The van der Waals surface area contributed by atoms with E-state index in [2.05, 4.69) is 0 Å². The predicted molar refractivity (Wildman–Crippen MR) is 125 cm³/mol. The Labute approximate surface area is 187 Å². The van der Waals surface area contributed by atoms with Gasteiger partial charge in [-0.3, -0.25) is 0 Å². The summed E-state index contributed by atoms with van der Waals surface area (Å²) in [4.78, 5) is 0. The van der Waals surface area contributed by atoms with Crippen molar-refractivity contribution in [1.29, 1.82) is 0 Å². The van der Waals surface area contributed by atoms with E-state index >= 15 is 0 Å². The minimum absolute atomic E-state index is 0.0797. The summed E-state index contributed by atoms with van der Waals surface area (Å²) >= 11 is 0. The molecule has 0 bridgehead atoms. The van der Waals surface area contributed by atoms with E-state index in [1.54, 1.807) is 0 Å². The molecule has 0 aliphatic carbocycles. The third kappa shape index (κ3) is 11.7. The molecule has 0 aliphatic rings. The smallest absolute Gasteiger partial charge is 0.374 e. The van der Waals surface area contributed by atoms with E-state index in [0.717, 1.165) is 37.8 Å². The quantitative estimate of drug-likeness (QED) is 0.247. The zero-order chi connectivity index (χ0) is 22.9. The highest BCUT2D eigenvalue weighted by molar-refractivity contribution is 6.61. The SMILES string of the molecule is CCO[Si](CCCC(N)C(N)CCC[Si](OCC)(OCC)OCC)(OCC)OCC. The van der Waals surface area contributed by atoms with Gasteiger partial charge in [-0.2, -0.15) is 0 Å². The van der Waals surface area contributed by atoms with Crippen LogP contribution in [0.5, 0.6) is 0 Å². The van der Waals surface area contributed by atoms with Crippen LogP contribution in [0.15, 0.2) is 0 Å². The molecule has 2 atom stereocenters. The normalized spacial score (nSPS) is 14.8. The average Bonchev–Trinajstić information content (AvgIpc) is 2.69. The minimum Gasteiger partial charge on any atom is -0.374 e. The van der Waals surface area contributed by atoms with E-state index in [-0.39, 0.29) is 12.1 Å². The molecule has 4 N–H and O–H groups in total. The number of hydrogen-bond acceptors (Lipinski definition) is 8. The second-order valence-corrected chi connectivity index (χ2v) is 12.5. The van der Waals surface area contributed by atoms with Gasteiger partial charge in [-0.15, -0.1) is 0 Å². The van der Waals surface area contributed by atoms with Crippen LogP contribution in [-0.2, 0) is 26.6 Å². The Balaban J connectivity index is 4.56. The van der Waals surface area contributed by atoms with Crippen molar-refractivity contribution in [3.8, 4) is 0 Å². The van der Waals surface area contributed by atoms with Crippen LogP contribution < -0.4 is 11.5 Å². The van der Waals surface area contributed by atoms with Gasteiger partial charge in [0.1, 0.15) is 0 Å². The van der Waals surface area contributed by atoms with Crippen LogP contribution in [-0.4, -0.2) is 69.3 Å². The van der Waals surface area contributed by atoms with Crippen molar-refractivity contribution < 1.29 is 26.6 Å². The average molecular weight is 469 g/mol. The first kappa shape index (κ1) is 30.1.